The maximum atomic E-state index is 12.0. The van der Waals surface area contributed by atoms with Crippen molar-refractivity contribution in [2.75, 3.05) is 44.7 Å². The Labute approximate surface area is 166 Å². The molecule has 0 bridgehead atoms. The lowest BCUT2D eigenvalue weighted by Gasteiger charge is -2.23. The van der Waals surface area contributed by atoms with Crippen molar-refractivity contribution in [2.24, 2.45) is 0 Å². The number of nitrogens with one attached hydrogen (secondary N) is 3. The second-order valence-corrected chi connectivity index (χ2v) is 6.98. The van der Waals surface area contributed by atoms with Gasteiger partial charge in [-0.15, -0.1) is 0 Å². The van der Waals surface area contributed by atoms with Gasteiger partial charge in [0.15, 0.2) is 0 Å². The monoisotopic (exact) mass is 396 g/mol. The zero-order valence-corrected chi connectivity index (χ0v) is 15.8. The average Bonchev–Trinajstić information content (AvgIpc) is 2.75. The Morgan fingerprint density at radius 2 is 1.93 bits per heavy atom. The molecule has 9 nitrogen and oxygen atoms in total. The summed E-state index contributed by atoms with van der Waals surface area (Å²) in [6, 6.07) is 12.1. The molecule has 9 heteroatoms. The first-order valence-corrected chi connectivity index (χ1v) is 9.55. The Balaban J connectivity index is 1.60. The van der Waals surface area contributed by atoms with Gasteiger partial charge in [-0.25, -0.2) is 5.10 Å². The number of rotatable bonds is 6. The molecule has 2 heterocycles. The van der Waals surface area contributed by atoms with E-state index in [4.69, 9.17) is 4.74 Å². The predicted molar refractivity (Wildman–Crippen MR) is 109 cm³/mol. The highest BCUT2D eigenvalue weighted by atomic mass is 16.6. The van der Waals surface area contributed by atoms with E-state index < -0.39 is 4.92 Å². The highest BCUT2D eigenvalue weighted by Crippen LogP contribution is 2.32. The number of quaternary nitrogens is 1. The molecule has 4 rings (SSSR count). The number of ether oxygens (including phenoxy) is 1. The van der Waals surface area contributed by atoms with Crippen molar-refractivity contribution in [1.82, 2.24) is 10.2 Å². The number of nitrogens with zero attached hydrogens (tertiary/aromatic N) is 2. The predicted octanol–water partition coefficient (Wildman–Crippen LogP) is 0.825. The second kappa shape index (κ2) is 8.38. The van der Waals surface area contributed by atoms with Crippen LogP contribution < -0.4 is 15.8 Å². The number of anilines is 1. The van der Waals surface area contributed by atoms with Crippen LogP contribution in [0.25, 0.3) is 22.0 Å². The van der Waals surface area contributed by atoms with Crippen LogP contribution in [0.15, 0.2) is 47.3 Å². The van der Waals surface area contributed by atoms with Crippen LogP contribution in [0.3, 0.4) is 0 Å². The molecular weight excluding hydrogens is 374 g/mol. The second-order valence-electron chi connectivity index (χ2n) is 6.98. The van der Waals surface area contributed by atoms with E-state index >= 15 is 0 Å². The SMILES string of the molecule is O=c1[nH]nc(-c2ccc(NCC[NH+]3CCOCC3)c([N+](=O)[O-])c2)c2ccccc12. The fourth-order valence-corrected chi connectivity index (χ4v) is 3.60. The third kappa shape index (κ3) is 4.10. The van der Waals surface area contributed by atoms with Crippen LogP contribution >= 0.6 is 0 Å². The van der Waals surface area contributed by atoms with Gasteiger partial charge < -0.3 is 15.0 Å². The highest BCUT2D eigenvalue weighted by Gasteiger charge is 2.19. The molecule has 0 aliphatic carbocycles. The Morgan fingerprint density at radius 3 is 2.69 bits per heavy atom. The molecule has 0 atom stereocenters. The molecule has 0 unspecified atom stereocenters. The largest absolute Gasteiger partial charge is 0.374 e. The molecule has 150 valence electrons. The van der Waals surface area contributed by atoms with Crippen molar-refractivity contribution in [3.8, 4) is 11.3 Å². The molecule has 0 amide bonds. The molecule has 3 N–H and O–H groups in total. The molecule has 0 saturated carbocycles. The van der Waals surface area contributed by atoms with Crippen molar-refractivity contribution >= 4 is 22.1 Å². The number of hydrogen-bond acceptors (Lipinski definition) is 6. The van der Waals surface area contributed by atoms with E-state index in [9.17, 15) is 14.9 Å². The van der Waals surface area contributed by atoms with Crippen LogP contribution in [0.1, 0.15) is 0 Å². The van der Waals surface area contributed by atoms with Crippen LogP contribution in [0, 0.1) is 10.1 Å². The number of nitro benzene ring substituents is 1. The summed E-state index contributed by atoms with van der Waals surface area (Å²) in [6.45, 7) is 4.92. The highest BCUT2D eigenvalue weighted by molar-refractivity contribution is 5.94. The Kier molecular flexibility index (Phi) is 5.50. The Hall–Kier alpha value is -3.30. The van der Waals surface area contributed by atoms with E-state index in [0.717, 1.165) is 32.8 Å². The first-order valence-electron chi connectivity index (χ1n) is 9.55. The Bertz CT molecular complexity index is 1090. The lowest BCUT2D eigenvalue weighted by molar-refractivity contribution is -0.906. The molecule has 3 aromatic rings. The van der Waals surface area contributed by atoms with E-state index in [1.807, 2.05) is 6.07 Å². The Morgan fingerprint density at radius 1 is 1.17 bits per heavy atom. The van der Waals surface area contributed by atoms with Crippen molar-refractivity contribution < 1.29 is 14.6 Å². The fraction of sp³-hybridized carbons (Fsp3) is 0.300. The first-order chi connectivity index (χ1) is 14.1. The molecule has 2 aromatic carbocycles. The number of nitro groups is 1. The van der Waals surface area contributed by atoms with Gasteiger partial charge in [0.1, 0.15) is 18.8 Å². The van der Waals surface area contributed by atoms with Crippen molar-refractivity contribution in [3.05, 3.63) is 62.9 Å². The minimum absolute atomic E-state index is 0.0171. The van der Waals surface area contributed by atoms with Crippen molar-refractivity contribution in [2.45, 2.75) is 0 Å². The van der Waals surface area contributed by atoms with E-state index in [-0.39, 0.29) is 11.2 Å². The molecule has 1 saturated heterocycles. The molecule has 1 aliphatic rings. The number of benzene rings is 2. The van der Waals surface area contributed by atoms with Crippen LogP contribution in [0.2, 0.25) is 0 Å². The summed E-state index contributed by atoms with van der Waals surface area (Å²) in [5.74, 6) is 0. The van der Waals surface area contributed by atoms with Gasteiger partial charge in [0, 0.05) is 17.0 Å². The lowest BCUT2D eigenvalue weighted by Crippen LogP contribution is -3.14. The standard InChI is InChI=1S/C20H21N5O4/c26-20-16-4-2-1-3-15(16)19(22-23-20)14-5-6-17(18(13-14)25(27)28)21-7-8-24-9-11-29-12-10-24/h1-6,13,21H,7-12H2,(H,23,26)/p+1. The molecule has 1 aliphatic heterocycles. The number of H-pyrrole nitrogens is 1. The average molecular weight is 396 g/mol. The van der Waals surface area contributed by atoms with Gasteiger partial charge in [-0.1, -0.05) is 24.3 Å². The summed E-state index contributed by atoms with van der Waals surface area (Å²) >= 11 is 0. The van der Waals surface area contributed by atoms with E-state index in [1.54, 1.807) is 30.3 Å². The smallest absolute Gasteiger partial charge is 0.292 e. The summed E-state index contributed by atoms with van der Waals surface area (Å²) in [4.78, 5) is 24.7. The van der Waals surface area contributed by atoms with Gasteiger partial charge in [-0.2, -0.15) is 5.10 Å². The van der Waals surface area contributed by atoms with Crippen LogP contribution in [0.4, 0.5) is 11.4 Å². The van der Waals surface area contributed by atoms with Gasteiger partial charge in [-0.3, -0.25) is 14.9 Å². The van der Waals surface area contributed by atoms with Gasteiger partial charge in [0.05, 0.1) is 42.3 Å². The summed E-state index contributed by atoms with van der Waals surface area (Å²) < 4.78 is 5.35. The van der Waals surface area contributed by atoms with Crippen LogP contribution in [-0.2, 0) is 4.74 Å². The number of fused-ring (bicyclic) bond motifs is 1. The molecule has 0 radical (unpaired) electrons. The van der Waals surface area contributed by atoms with E-state index in [2.05, 4.69) is 15.5 Å². The first kappa shape index (κ1) is 19.0. The maximum absolute atomic E-state index is 12.0. The van der Waals surface area contributed by atoms with Crippen LogP contribution in [-0.4, -0.2) is 54.5 Å². The third-order valence-corrected chi connectivity index (χ3v) is 5.16. The number of aromatic amines is 1. The summed E-state index contributed by atoms with van der Waals surface area (Å²) in [7, 11) is 0. The molecule has 29 heavy (non-hydrogen) atoms. The lowest BCUT2D eigenvalue weighted by atomic mass is 10.0. The van der Waals surface area contributed by atoms with Gasteiger partial charge in [0.25, 0.3) is 11.2 Å². The zero-order chi connectivity index (χ0) is 20.2. The molecule has 1 fully saturated rings. The van der Waals surface area contributed by atoms with Crippen molar-refractivity contribution in [1.29, 1.82) is 0 Å². The quantitative estimate of drug-likeness (QED) is 0.420. The van der Waals surface area contributed by atoms with Crippen molar-refractivity contribution in [3.63, 3.8) is 0 Å². The van der Waals surface area contributed by atoms with E-state index in [0.29, 0.717) is 34.3 Å². The summed E-state index contributed by atoms with van der Waals surface area (Å²) in [6.07, 6.45) is 0. The minimum atomic E-state index is -0.401. The van der Waals surface area contributed by atoms with Gasteiger partial charge >= 0.3 is 0 Å². The maximum Gasteiger partial charge on any atom is 0.292 e. The van der Waals surface area contributed by atoms with Crippen LogP contribution in [0.5, 0.6) is 0 Å². The normalized spacial score (nSPS) is 14.8. The molecule has 0 spiro atoms. The number of aromatic nitrogens is 2. The topological polar surface area (TPSA) is 115 Å². The van der Waals surface area contributed by atoms with E-state index in [1.165, 1.54) is 11.0 Å². The number of morpholine rings is 1. The number of hydrogen-bond donors (Lipinski definition) is 3. The fourth-order valence-electron chi connectivity index (χ4n) is 3.60. The van der Waals surface area contributed by atoms with Gasteiger partial charge in [0.2, 0.25) is 0 Å². The summed E-state index contributed by atoms with van der Waals surface area (Å²) in [5, 5.41) is 22.6. The third-order valence-electron chi connectivity index (χ3n) is 5.16. The molecular formula is C20H22N5O4+. The minimum Gasteiger partial charge on any atom is -0.374 e. The molecule has 1 aromatic heterocycles. The van der Waals surface area contributed by atoms with Gasteiger partial charge in [-0.05, 0) is 12.1 Å². The zero-order valence-electron chi connectivity index (χ0n) is 15.8. The summed E-state index contributed by atoms with van der Waals surface area (Å²) in [5.41, 5.74) is 1.25.